The Morgan fingerprint density at radius 3 is 3.08 bits per heavy atom. The van der Waals surface area contributed by atoms with Crippen LogP contribution in [0.5, 0.6) is 0 Å². The minimum atomic E-state index is 0.0261. The van der Waals surface area contributed by atoms with Crippen molar-refractivity contribution in [1.29, 1.82) is 0 Å². The van der Waals surface area contributed by atoms with E-state index in [0.29, 0.717) is 31.9 Å². The molecule has 0 spiro atoms. The number of fused-ring (bicyclic) bond motifs is 1. The van der Waals surface area contributed by atoms with E-state index in [4.69, 9.17) is 9.15 Å². The topological polar surface area (TPSA) is 55.6 Å². The minimum Gasteiger partial charge on any atom is -0.464 e. The second-order valence-electron chi connectivity index (χ2n) is 6.94. The van der Waals surface area contributed by atoms with Gasteiger partial charge in [-0.2, -0.15) is 0 Å². The van der Waals surface area contributed by atoms with Crippen LogP contribution in [0.2, 0.25) is 0 Å². The highest BCUT2D eigenvalue weighted by molar-refractivity contribution is 5.94. The standard InChI is InChI=1S/C21H22N2O3/c1-15-8-19(12-22-11-15)21(24)23-5-7-25-14-17(13-23)9-16-2-3-18-4-6-26-20(18)10-16/h2-4,6,8,10-12,17H,5,7,9,13-14H2,1H3/t17-/m1/s1. The number of ether oxygens (including phenoxy) is 1. The monoisotopic (exact) mass is 350 g/mol. The SMILES string of the molecule is Cc1cncc(C(=O)N2CCOC[C@H](Cc3ccc4ccoc4c3)C2)c1. The molecule has 1 amide bonds. The summed E-state index contributed by atoms with van der Waals surface area (Å²) in [5.74, 6) is 0.282. The highest BCUT2D eigenvalue weighted by Gasteiger charge is 2.24. The van der Waals surface area contributed by atoms with E-state index in [-0.39, 0.29) is 11.8 Å². The van der Waals surface area contributed by atoms with Crippen LogP contribution < -0.4 is 0 Å². The summed E-state index contributed by atoms with van der Waals surface area (Å²) in [6.45, 7) is 4.47. The summed E-state index contributed by atoms with van der Waals surface area (Å²) < 4.78 is 11.3. The number of carbonyl (C=O) groups excluding carboxylic acids is 1. The quantitative estimate of drug-likeness (QED) is 0.726. The lowest BCUT2D eigenvalue weighted by molar-refractivity contribution is 0.0737. The first-order valence-electron chi connectivity index (χ1n) is 8.94. The fraction of sp³-hybridized carbons (Fsp3) is 0.333. The van der Waals surface area contributed by atoms with Crippen molar-refractivity contribution in [1.82, 2.24) is 9.88 Å². The number of amides is 1. The first-order chi connectivity index (χ1) is 12.7. The zero-order chi connectivity index (χ0) is 17.9. The lowest BCUT2D eigenvalue weighted by Gasteiger charge is -2.24. The second-order valence-corrected chi connectivity index (χ2v) is 6.94. The maximum atomic E-state index is 12.9. The number of hydrogen-bond acceptors (Lipinski definition) is 4. The number of hydrogen-bond donors (Lipinski definition) is 0. The average Bonchev–Trinajstić information content (AvgIpc) is 2.99. The van der Waals surface area contributed by atoms with Crippen LogP contribution in [0.3, 0.4) is 0 Å². The summed E-state index contributed by atoms with van der Waals surface area (Å²) in [6, 6.07) is 10.1. The van der Waals surface area contributed by atoms with E-state index in [2.05, 4.69) is 23.2 Å². The van der Waals surface area contributed by atoms with Crippen molar-refractivity contribution in [3.05, 3.63) is 65.7 Å². The Bertz CT molecular complexity index is 918. The van der Waals surface area contributed by atoms with Gasteiger partial charge in [0.05, 0.1) is 25.0 Å². The molecule has 0 saturated carbocycles. The molecule has 134 valence electrons. The van der Waals surface area contributed by atoms with Gasteiger partial charge in [0.25, 0.3) is 5.91 Å². The molecule has 0 aliphatic carbocycles. The van der Waals surface area contributed by atoms with E-state index in [1.54, 1.807) is 18.7 Å². The molecule has 4 rings (SSSR count). The third kappa shape index (κ3) is 3.63. The number of aryl methyl sites for hydroxylation is 1. The van der Waals surface area contributed by atoms with E-state index in [1.165, 1.54) is 5.56 Å². The molecule has 5 heteroatoms. The van der Waals surface area contributed by atoms with Gasteiger partial charge < -0.3 is 14.1 Å². The van der Waals surface area contributed by atoms with Crippen LogP contribution in [0.25, 0.3) is 11.0 Å². The predicted octanol–water partition coefficient (Wildman–Crippen LogP) is 3.47. The number of rotatable bonds is 3. The van der Waals surface area contributed by atoms with E-state index < -0.39 is 0 Å². The molecule has 0 unspecified atom stereocenters. The van der Waals surface area contributed by atoms with Crippen molar-refractivity contribution in [2.45, 2.75) is 13.3 Å². The highest BCUT2D eigenvalue weighted by Crippen LogP contribution is 2.21. The molecule has 1 aliphatic heterocycles. The maximum Gasteiger partial charge on any atom is 0.255 e. The van der Waals surface area contributed by atoms with Crippen LogP contribution in [-0.4, -0.2) is 42.1 Å². The molecule has 5 nitrogen and oxygen atoms in total. The van der Waals surface area contributed by atoms with E-state index in [9.17, 15) is 4.79 Å². The van der Waals surface area contributed by atoms with E-state index in [0.717, 1.165) is 23.0 Å². The largest absolute Gasteiger partial charge is 0.464 e. The first-order valence-corrected chi connectivity index (χ1v) is 8.94. The molecular weight excluding hydrogens is 328 g/mol. The number of benzene rings is 1. The number of furan rings is 1. The maximum absolute atomic E-state index is 12.9. The van der Waals surface area contributed by atoms with Crippen LogP contribution in [0.4, 0.5) is 0 Å². The minimum absolute atomic E-state index is 0.0261. The normalized spacial score (nSPS) is 18.0. The van der Waals surface area contributed by atoms with Crippen molar-refractivity contribution in [3.8, 4) is 0 Å². The van der Waals surface area contributed by atoms with Gasteiger partial charge in [-0.1, -0.05) is 12.1 Å². The van der Waals surface area contributed by atoms with Crippen molar-refractivity contribution >= 4 is 16.9 Å². The van der Waals surface area contributed by atoms with E-state index in [1.807, 2.05) is 24.0 Å². The molecule has 26 heavy (non-hydrogen) atoms. The lowest BCUT2D eigenvalue weighted by Crippen LogP contribution is -2.36. The van der Waals surface area contributed by atoms with Gasteiger partial charge in [0.2, 0.25) is 0 Å². The van der Waals surface area contributed by atoms with Gasteiger partial charge in [0, 0.05) is 36.8 Å². The summed E-state index contributed by atoms with van der Waals surface area (Å²) in [6.07, 6.45) is 5.96. The van der Waals surface area contributed by atoms with Crippen LogP contribution in [0, 0.1) is 12.8 Å². The van der Waals surface area contributed by atoms with Gasteiger partial charge in [-0.25, -0.2) is 0 Å². The van der Waals surface area contributed by atoms with Crippen molar-refractivity contribution in [3.63, 3.8) is 0 Å². The van der Waals surface area contributed by atoms with Crippen LogP contribution in [0.15, 0.2) is 53.4 Å². The molecule has 1 aromatic carbocycles. The van der Waals surface area contributed by atoms with Gasteiger partial charge in [-0.15, -0.1) is 0 Å². The van der Waals surface area contributed by atoms with E-state index >= 15 is 0 Å². The molecule has 1 fully saturated rings. The van der Waals surface area contributed by atoms with Gasteiger partial charge in [0.15, 0.2) is 0 Å². The Hall–Kier alpha value is -2.66. The summed E-state index contributed by atoms with van der Waals surface area (Å²) in [5, 5.41) is 1.11. The number of aromatic nitrogens is 1. The summed E-state index contributed by atoms with van der Waals surface area (Å²) in [4.78, 5) is 18.9. The summed E-state index contributed by atoms with van der Waals surface area (Å²) in [5.41, 5.74) is 3.73. The highest BCUT2D eigenvalue weighted by atomic mass is 16.5. The number of pyridine rings is 1. The molecule has 1 atom stereocenters. The predicted molar refractivity (Wildman–Crippen MR) is 99.1 cm³/mol. The molecule has 2 aromatic heterocycles. The molecule has 3 heterocycles. The lowest BCUT2D eigenvalue weighted by atomic mass is 9.98. The molecule has 0 bridgehead atoms. The number of nitrogens with zero attached hydrogens (tertiary/aromatic N) is 2. The second kappa shape index (κ2) is 7.30. The summed E-state index contributed by atoms with van der Waals surface area (Å²) >= 11 is 0. The van der Waals surface area contributed by atoms with Crippen LogP contribution in [-0.2, 0) is 11.2 Å². The Morgan fingerprint density at radius 2 is 2.19 bits per heavy atom. The van der Waals surface area contributed by atoms with Gasteiger partial charge in [0.1, 0.15) is 5.58 Å². The Balaban J connectivity index is 1.49. The van der Waals surface area contributed by atoms with Crippen molar-refractivity contribution in [2.75, 3.05) is 26.3 Å². The smallest absolute Gasteiger partial charge is 0.255 e. The molecule has 1 saturated heterocycles. The van der Waals surface area contributed by atoms with Gasteiger partial charge in [-0.3, -0.25) is 9.78 Å². The number of carbonyl (C=O) groups is 1. The fourth-order valence-corrected chi connectivity index (χ4v) is 3.50. The van der Waals surface area contributed by atoms with Crippen LogP contribution in [0.1, 0.15) is 21.5 Å². The molecule has 0 N–H and O–H groups in total. The Labute approximate surface area is 152 Å². The average molecular weight is 350 g/mol. The third-order valence-electron chi connectivity index (χ3n) is 4.79. The third-order valence-corrected chi connectivity index (χ3v) is 4.79. The van der Waals surface area contributed by atoms with Crippen molar-refractivity contribution < 1.29 is 13.9 Å². The summed E-state index contributed by atoms with van der Waals surface area (Å²) in [7, 11) is 0. The Morgan fingerprint density at radius 1 is 1.27 bits per heavy atom. The molecule has 1 aliphatic rings. The first kappa shape index (κ1) is 16.8. The van der Waals surface area contributed by atoms with Gasteiger partial charge >= 0.3 is 0 Å². The zero-order valence-electron chi connectivity index (χ0n) is 14.9. The molecule has 3 aromatic rings. The van der Waals surface area contributed by atoms with Crippen molar-refractivity contribution in [2.24, 2.45) is 5.92 Å². The fourth-order valence-electron chi connectivity index (χ4n) is 3.50. The van der Waals surface area contributed by atoms with Crippen LogP contribution >= 0.6 is 0 Å². The Kier molecular flexibility index (Phi) is 4.71. The zero-order valence-corrected chi connectivity index (χ0v) is 14.9. The molecular formula is C21H22N2O3. The molecule has 0 radical (unpaired) electrons. The van der Waals surface area contributed by atoms with Gasteiger partial charge in [-0.05, 0) is 42.7 Å².